The average molecular weight is 435 g/mol. The molecule has 166 valence electrons. The van der Waals surface area contributed by atoms with Crippen LogP contribution in [-0.4, -0.2) is 51.6 Å². The van der Waals surface area contributed by atoms with Crippen LogP contribution in [0.1, 0.15) is 77.2 Å². The Kier molecular flexibility index (Phi) is 7.33. The van der Waals surface area contributed by atoms with E-state index < -0.39 is 11.6 Å². The van der Waals surface area contributed by atoms with Crippen LogP contribution >= 0.6 is 11.6 Å². The number of carbonyl (C=O) groups is 2. The summed E-state index contributed by atoms with van der Waals surface area (Å²) >= 11 is 6.26. The number of benzene rings is 1. The summed E-state index contributed by atoms with van der Waals surface area (Å²) in [6, 6.07) is 7.71. The van der Waals surface area contributed by atoms with Crippen molar-refractivity contribution in [3.05, 3.63) is 34.9 Å². The number of amides is 2. The third-order valence-corrected chi connectivity index (χ3v) is 6.90. The maximum Gasteiger partial charge on any atom is 0.407 e. The highest BCUT2D eigenvalue weighted by Crippen LogP contribution is 2.38. The van der Waals surface area contributed by atoms with Crippen molar-refractivity contribution in [3.8, 4) is 0 Å². The Morgan fingerprint density at radius 2 is 1.73 bits per heavy atom. The molecule has 1 saturated heterocycles. The number of carboxylic acid groups (broad SMARTS) is 1. The van der Waals surface area contributed by atoms with Gasteiger partial charge in [-0.2, -0.15) is 0 Å². The zero-order valence-corrected chi connectivity index (χ0v) is 19.2. The zero-order chi connectivity index (χ0) is 21.9. The number of hydrogen-bond acceptors (Lipinski definition) is 2. The molecular formula is C24H35ClN2O3. The van der Waals surface area contributed by atoms with Crippen molar-refractivity contribution in [2.45, 2.75) is 83.2 Å². The van der Waals surface area contributed by atoms with E-state index in [0.717, 1.165) is 18.4 Å². The van der Waals surface area contributed by atoms with E-state index in [1.807, 2.05) is 49.9 Å². The molecule has 1 aliphatic carbocycles. The molecule has 0 spiro atoms. The number of piperidine rings is 1. The van der Waals surface area contributed by atoms with Crippen LogP contribution in [0.2, 0.25) is 5.02 Å². The van der Waals surface area contributed by atoms with Gasteiger partial charge in [0.15, 0.2) is 0 Å². The van der Waals surface area contributed by atoms with Gasteiger partial charge in [-0.1, -0.05) is 43.0 Å². The highest BCUT2D eigenvalue weighted by Gasteiger charge is 2.39. The first-order valence-corrected chi connectivity index (χ1v) is 11.6. The lowest BCUT2D eigenvalue weighted by Crippen LogP contribution is -2.55. The maximum atomic E-state index is 13.7. The molecule has 1 unspecified atom stereocenters. The molecule has 1 aromatic carbocycles. The van der Waals surface area contributed by atoms with Crippen LogP contribution in [0.25, 0.3) is 0 Å². The van der Waals surface area contributed by atoms with Crippen molar-refractivity contribution < 1.29 is 14.7 Å². The Labute approximate surface area is 185 Å². The SMILES string of the molecule is CC(C)(C)N(C(=O)O)C1CCN(C(=O)C(c2cccc(Cl)c2)C2CCCCC2)CC1. The van der Waals surface area contributed by atoms with Gasteiger partial charge < -0.3 is 14.9 Å². The number of hydrogen-bond donors (Lipinski definition) is 1. The summed E-state index contributed by atoms with van der Waals surface area (Å²) in [5.41, 5.74) is 0.567. The zero-order valence-electron chi connectivity index (χ0n) is 18.4. The van der Waals surface area contributed by atoms with Crippen molar-refractivity contribution in [2.24, 2.45) is 5.92 Å². The summed E-state index contributed by atoms with van der Waals surface area (Å²) in [5.74, 6) is 0.381. The molecule has 2 aliphatic rings. The van der Waals surface area contributed by atoms with Crippen molar-refractivity contribution >= 4 is 23.6 Å². The first kappa shape index (κ1) is 22.9. The third kappa shape index (κ3) is 5.29. The van der Waals surface area contributed by atoms with Crippen LogP contribution in [0.15, 0.2) is 24.3 Å². The fraction of sp³-hybridized carbons (Fsp3) is 0.667. The predicted molar refractivity (Wildman–Crippen MR) is 120 cm³/mol. The van der Waals surface area contributed by atoms with Gasteiger partial charge >= 0.3 is 6.09 Å². The third-order valence-electron chi connectivity index (χ3n) is 6.67. The number of halogens is 1. The molecule has 0 bridgehead atoms. The van der Waals surface area contributed by atoms with E-state index in [0.29, 0.717) is 36.9 Å². The largest absolute Gasteiger partial charge is 0.465 e. The number of nitrogens with zero attached hydrogens (tertiary/aromatic N) is 2. The molecule has 3 rings (SSSR count). The Hall–Kier alpha value is -1.75. The van der Waals surface area contributed by atoms with Gasteiger partial charge in [-0.15, -0.1) is 0 Å². The first-order valence-electron chi connectivity index (χ1n) is 11.2. The minimum Gasteiger partial charge on any atom is -0.465 e. The van der Waals surface area contributed by atoms with E-state index >= 15 is 0 Å². The molecule has 1 N–H and O–H groups in total. The second-order valence-corrected chi connectivity index (χ2v) is 10.2. The monoisotopic (exact) mass is 434 g/mol. The molecule has 0 aromatic heterocycles. The smallest absolute Gasteiger partial charge is 0.407 e. The van der Waals surface area contributed by atoms with Crippen molar-refractivity contribution in [2.75, 3.05) is 13.1 Å². The highest BCUT2D eigenvalue weighted by atomic mass is 35.5. The molecule has 2 fully saturated rings. The highest BCUT2D eigenvalue weighted by molar-refractivity contribution is 6.30. The van der Waals surface area contributed by atoms with Crippen molar-refractivity contribution in [1.29, 1.82) is 0 Å². The fourth-order valence-electron chi connectivity index (χ4n) is 5.32. The maximum absolute atomic E-state index is 13.7. The normalized spacial score (nSPS) is 20.1. The summed E-state index contributed by atoms with van der Waals surface area (Å²) in [6.45, 7) is 6.99. The molecule has 1 heterocycles. The molecule has 30 heavy (non-hydrogen) atoms. The van der Waals surface area contributed by atoms with E-state index in [4.69, 9.17) is 11.6 Å². The Bertz CT molecular complexity index is 747. The predicted octanol–water partition coefficient (Wildman–Crippen LogP) is 5.77. The summed E-state index contributed by atoms with van der Waals surface area (Å²) in [6.07, 6.45) is 6.24. The van der Waals surface area contributed by atoms with Gasteiger partial charge in [-0.25, -0.2) is 4.79 Å². The van der Waals surface area contributed by atoms with Crippen LogP contribution in [0.4, 0.5) is 4.79 Å². The van der Waals surface area contributed by atoms with Crippen molar-refractivity contribution in [3.63, 3.8) is 0 Å². The molecular weight excluding hydrogens is 400 g/mol. The summed E-state index contributed by atoms with van der Waals surface area (Å²) in [5, 5.41) is 10.4. The molecule has 0 radical (unpaired) electrons. The van der Waals surface area contributed by atoms with Crippen LogP contribution in [0, 0.1) is 5.92 Å². The summed E-state index contributed by atoms with van der Waals surface area (Å²) in [4.78, 5) is 29.0. The van der Waals surface area contributed by atoms with Crippen LogP contribution in [-0.2, 0) is 4.79 Å². The van der Waals surface area contributed by atoms with E-state index in [1.54, 1.807) is 4.90 Å². The van der Waals surface area contributed by atoms with Gasteiger partial charge in [0, 0.05) is 29.7 Å². The second-order valence-electron chi connectivity index (χ2n) is 9.81. The molecule has 1 atom stereocenters. The van der Waals surface area contributed by atoms with Crippen LogP contribution in [0.3, 0.4) is 0 Å². The van der Waals surface area contributed by atoms with Crippen LogP contribution < -0.4 is 0 Å². The van der Waals surface area contributed by atoms with Gasteiger partial charge in [0.05, 0.1) is 5.92 Å². The fourth-order valence-corrected chi connectivity index (χ4v) is 5.51. The molecule has 5 nitrogen and oxygen atoms in total. The number of carbonyl (C=O) groups excluding carboxylic acids is 1. The standard InChI is InChI=1S/C24H35ClN2O3/c1-24(2,3)27(23(29)30)20-12-14-26(15-13-20)22(28)21(17-8-5-4-6-9-17)18-10-7-11-19(25)16-18/h7,10-11,16-17,20-21H,4-6,8-9,12-15H2,1-3H3,(H,29,30). The quantitative estimate of drug-likeness (QED) is 0.653. The Balaban J connectivity index is 1.75. The minimum absolute atomic E-state index is 0.0501. The Morgan fingerprint density at radius 1 is 1.10 bits per heavy atom. The number of likely N-dealkylation sites (tertiary alicyclic amines) is 1. The van der Waals surface area contributed by atoms with Gasteiger partial charge in [0.2, 0.25) is 5.91 Å². The first-order chi connectivity index (χ1) is 14.2. The molecule has 1 aromatic rings. The lowest BCUT2D eigenvalue weighted by molar-refractivity contribution is -0.136. The lowest BCUT2D eigenvalue weighted by Gasteiger charge is -2.44. The molecule has 1 aliphatic heterocycles. The van der Waals surface area contributed by atoms with Gasteiger partial charge in [-0.3, -0.25) is 4.79 Å². The van der Waals surface area contributed by atoms with E-state index in [9.17, 15) is 14.7 Å². The topological polar surface area (TPSA) is 60.9 Å². The van der Waals surface area contributed by atoms with Crippen molar-refractivity contribution in [1.82, 2.24) is 9.80 Å². The summed E-state index contributed by atoms with van der Waals surface area (Å²) in [7, 11) is 0. The van der Waals surface area contributed by atoms with Gasteiger partial charge in [0.1, 0.15) is 0 Å². The second kappa shape index (κ2) is 9.59. The average Bonchev–Trinajstić information content (AvgIpc) is 2.68. The van der Waals surface area contributed by atoms with E-state index in [-0.39, 0.29) is 17.9 Å². The number of rotatable bonds is 4. The molecule has 2 amide bonds. The molecule has 1 saturated carbocycles. The van der Waals surface area contributed by atoms with Crippen LogP contribution in [0.5, 0.6) is 0 Å². The summed E-state index contributed by atoms with van der Waals surface area (Å²) < 4.78 is 0. The molecule has 6 heteroatoms. The van der Waals surface area contributed by atoms with Gasteiger partial charge in [0.25, 0.3) is 0 Å². The van der Waals surface area contributed by atoms with Gasteiger partial charge in [-0.05, 0) is 70.1 Å². The lowest BCUT2D eigenvalue weighted by atomic mass is 9.76. The Morgan fingerprint density at radius 3 is 2.27 bits per heavy atom. The van der Waals surface area contributed by atoms with E-state index in [2.05, 4.69) is 0 Å². The van der Waals surface area contributed by atoms with E-state index in [1.165, 1.54) is 19.3 Å². The minimum atomic E-state index is -0.883.